The second-order valence-corrected chi connectivity index (χ2v) is 5.80. The van der Waals surface area contributed by atoms with Gasteiger partial charge in [0.2, 0.25) is 0 Å². The molecule has 0 bridgehead atoms. The highest BCUT2D eigenvalue weighted by Gasteiger charge is 2.15. The van der Waals surface area contributed by atoms with Gasteiger partial charge < -0.3 is 0 Å². The lowest BCUT2D eigenvalue weighted by Gasteiger charge is -2.19. The minimum absolute atomic E-state index is 0.0224. The number of hydrazine groups is 1. The molecule has 0 fully saturated rings. The van der Waals surface area contributed by atoms with E-state index in [-0.39, 0.29) is 6.04 Å². The van der Waals surface area contributed by atoms with Gasteiger partial charge in [0.15, 0.2) is 0 Å². The van der Waals surface area contributed by atoms with Gasteiger partial charge in [0.25, 0.3) is 0 Å². The quantitative estimate of drug-likeness (QED) is 0.648. The molecule has 0 radical (unpaired) electrons. The Morgan fingerprint density at radius 3 is 2.68 bits per heavy atom. The highest BCUT2D eigenvalue weighted by atomic mass is 79.9. The standard InChI is InChI=1S/C15H16BrClN2/c1-10-6-7-13(16)12(8-10)15(19-18)9-11-4-2-3-5-14(11)17/h2-8,15,19H,9,18H2,1H3. The Bertz CT molecular complexity index is 572. The summed E-state index contributed by atoms with van der Waals surface area (Å²) in [4.78, 5) is 0. The number of benzene rings is 2. The molecule has 0 aromatic heterocycles. The van der Waals surface area contributed by atoms with Crippen molar-refractivity contribution in [2.75, 3.05) is 0 Å². The molecule has 2 nitrogen and oxygen atoms in total. The molecule has 4 heteroatoms. The van der Waals surface area contributed by atoms with Gasteiger partial charge >= 0.3 is 0 Å². The summed E-state index contributed by atoms with van der Waals surface area (Å²) in [6, 6.07) is 14.1. The summed E-state index contributed by atoms with van der Waals surface area (Å²) in [5, 5.41) is 0.770. The molecular weight excluding hydrogens is 324 g/mol. The lowest BCUT2D eigenvalue weighted by molar-refractivity contribution is 0.550. The van der Waals surface area contributed by atoms with Crippen LogP contribution in [-0.2, 0) is 6.42 Å². The van der Waals surface area contributed by atoms with Gasteiger partial charge in [0, 0.05) is 9.50 Å². The Balaban J connectivity index is 2.30. The van der Waals surface area contributed by atoms with Crippen molar-refractivity contribution in [2.45, 2.75) is 19.4 Å². The first kappa shape index (κ1) is 14.5. The zero-order valence-corrected chi connectivity index (χ0v) is 13.0. The van der Waals surface area contributed by atoms with E-state index in [9.17, 15) is 0 Å². The van der Waals surface area contributed by atoms with Crippen molar-refractivity contribution in [1.82, 2.24) is 5.43 Å². The lowest BCUT2D eigenvalue weighted by Crippen LogP contribution is -2.30. The Labute approximate surface area is 127 Å². The minimum atomic E-state index is 0.0224. The number of hydrogen-bond acceptors (Lipinski definition) is 2. The second-order valence-electron chi connectivity index (χ2n) is 4.54. The molecule has 100 valence electrons. The van der Waals surface area contributed by atoms with Crippen LogP contribution < -0.4 is 11.3 Å². The van der Waals surface area contributed by atoms with Crippen LogP contribution in [0.15, 0.2) is 46.9 Å². The van der Waals surface area contributed by atoms with Gasteiger partial charge in [-0.05, 0) is 36.6 Å². The molecule has 0 aliphatic carbocycles. The number of hydrogen-bond donors (Lipinski definition) is 2. The van der Waals surface area contributed by atoms with Gasteiger partial charge in [0.05, 0.1) is 6.04 Å². The SMILES string of the molecule is Cc1ccc(Br)c(C(Cc2ccccc2Cl)NN)c1. The highest BCUT2D eigenvalue weighted by Crippen LogP contribution is 2.28. The predicted molar refractivity (Wildman–Crippen MR) is 84.1 cm³/mol. The van der Waals surface area contributed by atoms with E-state index in [1.807, 2.05) is 30.3 Å². The molecule has 2 rings (SSSR count). The van der Waals surface area contributed by atoms with Crippen molar-refractivity contribution in [2.24, 2.45) is 5.84 Å². The summed E-state index contributed by atoms with van der Waals surface area (Å²) in [6.07, 6.45) is 0.748. The summed E-state index contributed by atoms with van der Waals surface area (Å²) in [5.41, 5.74) is 6.30. The maximum Gasteiger partial charge on any atom is 0.0512 e. The fourth-order valence-corrected chi connectivity index (χ4v) is 2.81. The van der Waals surface area contributed by atoms with Gasteiger partial charge in [0.1, 0.15) is 0 Å². The molecule has 2 aromatic rings. The molecule has 0 amide bonds. The Morgan fingerprint density at radius 1 is 1.26 bits per heavy atom. The van der Waals surface area contributed by atoms with Gasteiger partial charge in [-0.2, -0.15) is 0 Å². The number of nitrogens with one attached hydrogen (secondary N) is 1. The molecule has 0 saturated heterocycles. The lowest BCUT2D eigenvalue weighted by atomic mass is 9.98. The first-order chi connectivity index (χ1) is 9.11. The number of rotatable bonds is 4. The zero-order chi connectivity index (χ0) is 13.8. The van der Waals surface area contributed by atoms with Crippen LogP contribution in [0.2, 0.25) is 5.02 Å². The minimum Gasteiger partial charge on any atom is -0.271 e. The number of aryl methyl sites for hydroxylation is 1. The van der Waals surface area contributed by atoms with Crippen LogP contribution in [0.1, 0.15) is 22.7 Å². The van der Waals surface area contributed by atoms with Crippen molar-refractivity contribution in [1.29, 1.82) is 0 Å². The van der Waals surface area contributed by atoms with Gasteiger partial charge in [-0.1, -0.05) is 63.4 Å². The molecule has 1 unspecified atom stereocenters. The normalized spacial score (nSPS) is 12.4. The monoisotopic (exact) mass is 338 g/mol. The maximum absolute atomic E-state index is 6.20. The molecule has 19 heavy (non-hydrogen) atoms. The molecule has 0 heterocycles. The molecule has 0 saturated carbocycles. The summed E-state index contributed by atoms with van der Waals surface area (Å²) in [7, 11) is 0. The maximum atomic E-state index is 6.20. The largest absolute Gasteiger partial charge is 0.271 e. The van der Waals surface area contributed by atoms with Crippen molar-refractivity contribution >= 4 is 27.5 Å². The Hall–Kier alpha value is -0.870. The third kappa shape index (κ3) is 3.57. The van der Waals surface area contributed by atoms with Crippen LogP contribution in [-0.4, -0.2) is 0 Å². The third-order valence-electron chi connectivity index (χ3n) is 3.11. The number of halogens is 2. The molecule has 3 N–H and O–H groups in total. The summed E-state index contributed by atoms with van der Waals surface area (Å²) < 4.78 is 1.05. The Morgan fingerprint density at radius 2 is 2.00 bits per heavy atom. The van der Waals surface area contributed by atoms with Crippen molar-refractivity contribution in [3.8, 4) is 0 Å². The van der Waals surface area contributed by atoms with E-state index in [0.29, 0.717) is 0 Å². The highest BCUT2D eigenvalue weighted by molar-refractivity contribution is 9.10. The Kier molecular flexibility index (Phi) is 4.99. The van der Waals surface area contributed by atoms with E-state index in [1.165, 1.54) is 5.56 Å². The van der Waals surface area contributed by atoms with Crippen molar-refractivity contribution in [3.63, 3.8) is 0 Å². The van der Waals surface area contributed by atoms with Crippen molar-refractivity contribution < 1.29 is 0 Å². The van der Waals surface area contributed by atoms with E-state index in [2.05, 4.69) is 40.4 Å². The third-order valence-corrected chi connectivity index (χ3v) is 4.20. The molecule has 2 aromatic carbocycles. The van der Waals surface area contributed by atoms with Gasteiger partial charge in [-0.25, -0.2) is 0 Å². The van der Waals surface area contributed by atoms with E-state index in [0.717, 1.165) is 27.0 Å². The predicted octanol–water partition coefficient (Wildman–Crippen LogP) is 4.16. The summed E-state index contributed by atoms with van der Waals surface area (Å²) in [6.45, 7) is 2.07. The topological polar surface area (TPSA) is 38.0 Å². The fraction of sp³-hybridized carbons (Fsp3) is 0.200. The van der Waals surface area contributed by atoms with Gasteiger partial charge in [-0.3, -0.25) is 11.3 Å². The zero-order valence-electron chi connectivity index (χ0n) is 10.7. The van der Waals surface area contributed by atoms with Crippen LogP contribution in [0.25, 0.3) is 0 Å². The molecule has 1 atom stereocenters. The molecular formula is C15H16BrClN2. The average molecular weight is 340 g/mol. The van der Waals surface area contributed by atoms with Crippen LogP contribution >= 0.6 is 27.5 Å². The van der Waals surface area contributed by atoms with E-state index in [1.54, 1.807) is 0 Å². The summed E-state index contributed by atoms with van der Waals surface area (Å²) >= 11 is 9.78. The number of nitrogens with two attached hydrogens (primary N) is 1. The fourth-order valence-electron chi connectivity index (χ4n) is 2.07. The van der Waals surface area contributed by atoms with Crippen LogP contribution in [0.4, 0.5) is 0 Å². The first-order valence-corrected chi connectivity index (χ1v) is 7.24. The van der Waals surface area contributed by atoms with Crippen molar-refractivity contribution in [3.05, 3.63) is 68.7 Å². The van der Waals surface area contributed by atoms with E-state index in [4.69, 9.17) is 17.4 Å². The molecule has 0 spiro atoms. The van der Waals surface area contributed by atoms with Crippen LogP contribution in [0.5, 0.6) is 0 Å². The van der Waals surface area contributed by atoms with Gasteiger partial charge in [-0.15, -0.1) is 0 Å². The molecule has 0 aliphatic heterocycles. The van der Waals surface area contributed by atoms with E-state index >= 15 is 0 Å². The average Bonchev–Trinajstić information content (AvgIpc) is 2.41. The first-order valence-electron chi connectivity index (χ1n) is 6.07. The molecule has 0 aliphatic rings. The summed E-state index contributed by atoms with van der Waals surface area (Å²) in [5.74, 6) is 5.71. The van der Waals surface area contributed by atoms with Crippen LogP contribution in [0, 0.1) is 6.92 Å². The smallest absolute Gasteiger partial charge is 0.0512 e. The second kappa shape index (κ2) is 6.53. The van der Waals surface area contributed by atoms with E-state index < -0.39 is 0 Å². The van der Waals surface area contributed by atoms with Crippen LogP contribution in [0.3, 0.4) is 0 Å².